The van der Waals surface area contributed by atoms with Gasteiger partial charge in [0, 0.05) is 13.1 Å². The van der Waals surface area contributed by atoms with Crippen LogP contribution in [0.15, 0.2) is 30.3 Å². The highest BCUT2D eigenvalue weighted by Crippen LogP contribution is 2.32. The van der Waals surface area contributed by atoms with E-state index in [0.29, 0.717) is 25.0 Å². The molecule has 0 saturated carbocycles. The van der Waals surface area contributed by atoms with Crippen molar-refractivity contribution in [3.63, 3.8) is 0 Å². The second-order valence-electron chi connectivity index (χ2n) is 7.29. The Hall–Kier alpha value is -1.55. The molecule has 2 bridgehead atoms. The molecule has 1 aromatic rings. The third-order valence-electron chi connectivity index (χ3n) is 4.99. The van der Waals surface area contributed by atoms with Crippen molar-refractivity contribution in [2.75, 3.05) is 26.2 Å². The van der Waals surface area contributed by atoms with Crippen molar-refractivity contribution in [2.24, 2.45) is 11.8 Å². The van der Waals surface area contributed by atoms with E-state index in [9.17, 15) is 4.79 Å². The lowest BCUT2D eigenvalue weighted by molar-refractivity contribution is -0.00367. The molecule has 0 spiro atoms. The first kappa shape index (κ1) is 16.3. The van der Waals surface area contributed by atoms with Gasteiger partial charge in [-0.3, -0.25) is 4.90 Å². The highest BCUT2D eigenvalue weighted by Gasteiger charge is 2.39. The van der Waals surface area contributed by atoms with Crippen LogP contribution in [0.25, 0.3) is 0 Å². The molecule has 126 valence electrons. The van der Waals surface area contributed by atoms with Gasteiger partial charge in [0.1, 0.15) is 0 Å². The number of amides is 1. The van der Waals surface area contributed by atoms with E-state index in [1.807, 2.05) is 23.1 Å². The first-order chi connectivity index (χ1) is 11.1. The van der Waals surface area contributed by atoms with Crippen molar-refractivity contribution in [2.45, 2.75) is 39.3 Å². The van der Waals surface area contributed by atoms with E-state index in [1.54, 1.807) is 0 Å². The van der Waals surface area contributed by atoms with Crippen LogP contribution in [-0.2, 0) is 11.3 Å². The van der Waals surface area contributed by atoms with E-state index in [2.05, 4.69) is 30.9 Å². The summed E-state index contributed by atoms with van der Waals surface area (Å²) in [5.41, 5.74) is 1.17. The van der Waals surface area contributed by atoms with Gasteiger partial charge < -0.3 is 9.64 Å². The number of piperidine rings is 3. The van der Waals surface area contributed by atoms with Crippen LogP contribution in [0.3, 0.4) is 0 Å². The molecule has 3 saturated heterocycles. The predicted molar refractivity (Wildman–Crippen MR) is 91.1 cm³/mol. The van der Waals surface area contributed by atoms with Crippen LogP contribution in [-0.4, -0.2) is 48.2 Å². The number of carbonyl (C=O) groups excluding carboxylic acids is 1. The summed E-state index contributed by atoms with van der Waals surface area (Å²) in [6.45, 7) is 8.64. The molecule has 3 heterocycles. The SMILES string of the molecule is CC(C)COC(=O)N(Cc1ccccc1)C1CN2CCC1CC2. The summed E-state index contributed by atoms with van der Waals surface area (Å²) in [5.74, 6) is 0.986. The summed E-state index contributed by atoms with van der Waals surface area (Å²) in [5, 5.41) is 0. The van der Waals surface area contributed by atoms with Crippen molar-refractivity contribution >= 4 is 6.09 Å². The molecule has 4 rings (SSSR count). The Labute approximate surface area is 139 Å². The van der Waals surface area contributed by atoms with E-state index in [-0.39, 0.29) is 12.1 Å². The molecule has 0 radical (unpaired) electrons. The minimum Gasteiger partial charge on any atom is -0.449 e. The Morgan fingerprint density at radius 1 is 1.26 bits per heavy atom. The zero-order valence-electron chi connectivity index (χ0n) is 14.3. The monoisotopic (exact) mass is 316 g/mol. The van der Waals surface area contributed by atoms with E-state index in [4.69, 9.17) is 4.74 Å². The van der Waals surface area contributed by atoms with E-state index < -0.39 is 0 Å². The van der Waals surface area contributed by atoms with Crippen LogP contribution in [0.1, 0.15) is 32.3 Å². The van der Waals surface area contributed by atoms with E-state index in [1.165, 1.54) is 31.5 Å². The third-order valence-corrected chi connectivity index (χ3v) is 4.99. The van der Waals surface area contributed by atoms with Crippen molar-refractivity contribution in [1.82, 2.24) is 9.80 Å². The first-order valence-electron chi connectivity index (χ1n) is 8.83. The molecule has 1 amide bonds. The number of hydrogen-bond acceptors (Lipinski definition) is 3. The molecule has 23 heavy (non-hydrogen) atoms. The summed E-state index contributed by atoms with van der Waals surface area (Å²) in [4.78, 5) is 17.2. The highest BCUT2D eigenvalue weighted by molar-refractivity contribution is 5.68. The summed E-state index contributed by atoms with van der Waals surface area (Å²) in [6.07, 6.45) is 2.25. The van der Waals surface area contributed by atoms with Gasteiger partial charge in [-0.15, -0.1) is 0 Å². The molecule has 3 aliphatic rings. The van der Waals surface area contributed by atoms with Crippen LogP contribution in [0, 0.1) is 11.8 Å². The minimum absolute atomic E-state index is 0.152. The molecule has 1 aromatic carbocycles. The van der Waals surface area contributed by atoms with Gasteiger partial charge in [0.25, 0.3) is 0 Å². The average molecular weight is 316 g/mol. The summed E-state index contributed by atoms with van der Waals surface area (Å²) < 4.78 is 5.57. The lowest BCUT2D eigenvalue weighted by Gasteiger charge is -2.48. The van der Waals surface area contributed by atoms with Crippen molar-refractivity contribution in [1.29, 1.82) is 0 Å². The lowest BCUT2D eigenvalue weighted by atomic mass is 9.83. The number of ether oxygens (including phenoxy) is 1. The lowest BCUT2D eigenvalue weighted by Crippen LogP contribution is -2.58. The van der Waals surface area contributed by atoms with Crippen molar-refractivity contribution in [3.8, 4) is 0 Å². The van der Waals surface area contributed by atoms with Gasteiger partial charge in [-0.25, -0.2) is 4.79 Å². The number of carbonyl (C=O) groups is 1. The Bertz CT molecular complexity index is 509. The van der Waals surface area contributed by atoms with Crippen molar-refractivity contribution < 1.29 is 9.53 Å². The standard InChI is InChI=1S/C19H28N2O2/c1-15(2)14-23-19(22)21(12-16-6-4-3-5-7-16)18-13-20-10-8-17(18)9-11-20/h3-7,15,17-18H,8-14H2,1-2H3. The fraction of sp³-hybridized carbons (Fsp3) is 0.632. The van der Waals surface area contributed by atoms with E-state index in [0.717, 1.165) is 6.54 Å². The number of fused-ring (bicyclic) bond motifs is 3. The van der Waals surface area contributed by atoms with Crippen LogP contribution in [0.4, 0.5) is 4.79 Å². The highest BCUT2D eigenvalue weighted by atomic mass is 16.6. The van der Waals surface area contributed by atoms with Crippen LogP contribution in [0.2, 0.25) is 0 Å². The molecule has 4 nitrogen and oxygen atoms in total. The fourth-order valence-electron chi connectivity index (χ4n) is 3.71. The van der Waals surface area contributed by atoms with Gasteiger partial charge in [-0.1, -0.05) is 44.2 Å². The smallest absolute Gasteiger partial charge is 0.410 e. The molecule has 1 unspecified atom stereocenters. The maximum Gasteiger partial charge on any atom is 0.410 e. The quantitative estimate of drug-likeness (QED) is 0.835. The van der Waals surface area contributed by atoms with Crippen LogP contribution < -0.4 is 0 Å². The normalized spacial score (nSPS) is 26.3. The number of benzene rings is 1. The molecule has 0 N–H and O–H groups in total. The Balaban J connectivity index is 1.74. The van der Waals surface area contributed by atoms with Gasteiger partial charge in [-0.2, -0.15) is 0 Å². The second kappa shape index (κ2) is 7.35. The summed E-state index contributed by atoms with van der Waals surface area (Å²) in [6, 6.07) is 10.5. The molecular weight excluding hydrogens is 288 g/mol. The zero-order valence-corrected chi connectivity index (χ0v) is 14.3. The largest absolute Gasteiger partial charge is 0.449 e. The topological polar surface area (TPSA) is 32.8 Å². The van der Waals surface area contributed by atoms with Crippen LogP contribution >= 0.6 is 0 Å². The third kappa shape index (κ3) is 4.05. The number of hydrogen-bond donors (Lipinski definition) is 0. The van der Waals surface area contributed by atoms with Gasteiger partial charge in [0.15, 0.2) is 0 Å². The molecule has 3 fully saturated rings. The van der Waals surface area contributed by atoms with Gasteiger partial charge in [-0.05, 0) is 43.3 Å². The molecular formula is C19H28N2O2. The number of rotatable bonds is 5. The zero-order chi connectivity index (χ0) is 16.2. The Morgan fingerprint density at radius 3 is 2.52 bits per heavy atom. The molecule has 1 atom stereocenters. The number of nitrogens with zero attached hydrogens (tertiary/aromatic N) is 2. The van der Waals surface area contributed by atoms with Crippen molar-refractivity contribution in [3.05, 3.63) is 35.9 Å². The minimum atomic E-state index is -0.152. The summed E-state index contributed by atoms with van der Waals surface area (Å²) in [7, 11) is 0. The van der Waals surface area contributed by atoms with Gasteiger partial charge >= 0.3 is 6.09 Å². The Morgan fingerprint density at radius 2 is 1.96 bits per heavy atom. The maximum absolute atomic E-state index is 12.7. The fourth-order valence-corrected chi connectivity index (χ4v) is 3.71. The maximum atomic E-state index is 12.7. The second-order valence-corrected chi connectivity index (χ2v) is 7.29. The average Bonchev–Trinajstić information content (AvgIpc) is 2.59. The molecule has 0 aromatic heterocycles. The van der Waals surface area contributed by atoms with Gasteiger partial charge in [0.05, 0.1) is 12.6 Å². The molecule has 3 aliphatic heterocycles. The van der Waals surface area contributed by atoms with Gasteiger partial charge in [0.2, 0.25) is 0 Å². The molecule has 0 aliphatic carbocycles. The van der Waals surface area contributed by atoms with E-state index >= 15 is 0 Å². The van der Waals surface area contributed by atoms with Crippen LogP contribution in [0.5, 0.6) is 0 Å². The summed E-state index contributed by atoms with van der Waals surface area (Å²) >= 11 is 0. The predicted octanol–water partition coefficient (Wildman–Crippen LogP) is 3.38. The molecule has 4 heteroatoms. The first-order valence-corrected chi connectivity index (χ1v) is 8.83. The Kier molecular flexibility index (Phi) is 5.21.